The first kappa shape index (κ1) is 14.9. The molecule has 0 amide bonds. The van der Waals surface area contributed by atoms with Crippen LogP contribution >= 0.6 is 0 Å². The van der Waals surface area contributed by atoms with Gasteiger partial charge in [0.2, 0.25) is 0 Å². The van der Waals surface area contributed by atoms with Gasteiger partial charge in [-0.2, -0.15) is 0 Å². The molecule has 4 nitrogen and oxygen atoms in total. The second kappa shape index (κ2) is 7.33. The Morgan fingerprint density at radius 1 is 1.20 bits per heavy atom. The van der Waals surface area contributed by atoms with Crippen LogP contribution in [0.15, 0.2) is 36.7 Å². The fraction of sp³-hybridized carbons (Fsp3) is 0.438. The van der Waals surface area contributed by atoms with E-state index in [9.17, 15) is 0 Å². The van der Waals surface area contributed by atoms with E-state index < -0.39 is 0 Å². The summed E-state index contributed by atoms with van der Waals surface area (Å²) in [5.41, 5.74) is 4.13. The van der Waals surface area contributed by atoms with Crippen LogP contribution in [0.2, 0.25) is 0 Å². The molecule has 1 unspecified atom stereocenters. The summed E-state index contributed by atoms with van der Waals surface area (Å²) < 4.78 is 0. The van der Waals surface area contributed by atoms with Gasteiger partial charge in [-0.3, -0.25) is 16.3 Å². The summed E-state index contributed by atoms with van der Waals surface area (Å²) in [5.74, 6) is 5.77. The van der Waals surface area contributed by atoms with Crippen molar-refractivity contribution in [2.75, 3.05) is 19.6 Å². The van der Waals surface area contributed by atoms with Crippen molar-refractivity contribution >= 4 is 10.8 Å². The minimum Gasteiger partial charge on any atom is -0.304 e. The van der Waals surface area contributed by atoms with E-state index in [2.05, 4.69) is 47.4 Å². The molecule has 0 aliphatic heterocycles. The van der Waals surface area contributed by atoms with Crippen molar-refractivity contribution in [1.82, 2.24) is 15.3 Å². The van der Waals surface area contributed by atoms with Crippen LogP contribution in [-0.2, 0) is 0 Å². The lowest BCUT2D eigenvalue weighted by Gasteiger charge is -2.23. The first-order chi connectivity index (χ1) is 9.80. The maximum absolute atomic E-state index is 5.77. The van der Waals surface area contributed by atoms with E-state index in [1.165, 1.54) is 10.9 Å². The molecule has 0 radical (unpaired) electrons. The molecule has 0 saturated heterocycles. The normalized spacial score (nSPS) is 13.0. The van der Waals surface area contributed by atoms with Gasteiger partial charge in [-0.1, -0.05) is 38.1 Å². The van der Waals surface area contributed by atoms with Gasteiger partial charge < -0.3 is 4.90 Å². The number of fused-ring (bicyclic) bond motifs is 1. The molecule has 2 aromatic rings. The summed E-state index contributed by atoms with van der Waals surface area (Å²) in [4.78, 5) is 6.75. The maximum atomic E-state index is 5.77. The molecule has 1 aromatic heterocycles. The fourth-order valence-corrected chi connectivity index (χ4v) is 2.60. The minimum absolute atomic E-state index is 0.134. The number of hydrogen-bond acceptors (Lipinski definition) is 4. The number of pyridine rings is 1. The monoisotopic (exact) mass is 272 g/mol. The van der Waals surface area contributed by atoms with E-state index in [-0.39, 0.29) is 6.04 Å². The third-order valence-electron chi connectivity index (χ3n) is 3.90. The second-order valence-electron chi connectivity index (χ2n) is 4.98. The van der Waals surface area contributed by atoms with Crippen LogP contribution in [0.3, 0.4) is 0 Å². The largest absolute Gasteiger partial charge is 0.304 e. The summed E-state index contributed by atoms with van der Waals surface area (Å²) >= 11 is 0. The summed E-state index contributed by atoms with van der Waals surface area (Å²) in [5, 5.41) is 2.39. The van der Waals surface area contributed by atoms with Crippen molar-refractivity contribution in [2.24, 2.45) is 5.84 Å². The molecule has 1 atom stereocenters. The number of nitrogens with zero attached hydrogens (tertiary/aromatic N) is 2. The van der Waals surface area contributed by atoms with Gasteiger partial charge in [0.05, 0.1) is 0 Å². The summed E-state index contributed by atoms with van der Waals surface area (Å²) in [6.45, 7) is 7.55. The van der Waals surface area contributed by atoms with Gasteiger partial charge in [-0.15, -0.1) is 0 Å². The predicted octanol–water partition coefficient (Wildman–Crippen LogP) is 2.47. The Labute approximate surface area is 121 Å². The zero-order chi connectivity index (χ0) is 14.4. The first-order valence-corrected chi connectivity index (χ1v) is 7.31. The average Bonchev–Trinajstić information content (AvgIpc) is 2.51. The quantitative estimate of drug-likeness (QED) is 0.600. The van der Waals surface area contributed by atoms with E-state index in [4.69, 9.17) is 5.84 Å². The molecule has 20 heavy (non-hydrogen) atoms. The lowest BCUT2D eigenvalue weighted by Crippen LogP contribution is -2.33. The Morgan fingerprint density at radius 3 is 2.65 bits per heavy atom. The Morgan fingerprint density at radius 2 is 1.95 bits per heavy atom. The Kier molecular flexibility index (Phi) is 5.47. The van der Waals surface area contributed by atoms with Crippen LogP contribution in [0.5, 0.6) is 0 Å². The molecule has 2 rings (SSSR count). The molecule has 0 bridgehead atoms. The van der Waals surface area contributed by atoms with Crippen LogP contribution in [-0.4, -0.2) is 29.5 Å². The number of benzene rings is 1. The smallest absolute Gasteiger partial charge is 0.0493 e. The van der Waals surface area contributed by atoms with Gasteiger partial charge in [0.15, 0.2) is 0 Å². The van der Waals surface area contributed by atoms with Gasteiger partial charge in [-0.25, -0.2) is 0 Å². The second-order valence-corrected chi connectivity index (χ2v) is 4.98. The molecule has 0 saturated carbocycles. The van der Waals surface area contributed by atoms with E-state index in [1.54, 1.807) is 0 Å². The maximum Gasteiger partial charge on any atom is 0.0493 e. The molecule has 0 fully saturated rings. The van der Waals surface area contributed by atoms with Crippen molar-refractivity contribution in [1.29, 1.82) is 0 Å². The van der Waals surface area contributed by atoms with Crippen LogP contribution in [0, 0.1) is 0 Å². The molecule has 4 heteroatoms. The van der Waals surface area contributed by atoms with Crippen molar-refractivity contribution in [2.45, 2.75) is 26.3 Å². The van der Waals surface area contributed by atoms with Gasteiger partial charge in [0.1, 0.15) is 0 Å². The molecule has 0 spiro atoms. The Balaban J connectivity index is 2.21. The topological polar surface area (TPSA) is 54.2 Å². The van der Waals surface area contributed by atoms with E-state index in [0.29, 0.717) is 0 Å². The van der Waals surface area contributed by atoms with Crippen molar-refractivity contribution < 1.29 is 0 Å². The van der Waals surface area contributed by atoms with Gasteiger partial charge in [0, 0.05) is 23.8 Å². The number of aromatic nitrogens is 1. The highest BCUT2D eigenvalue weighted by Gasteiger charge is 2.14. The van der Waals surface area contributed by atoms with E-state index in [0.717, 1.165) is 31.4 Å². The lowest BCUT2D eigenvalue weighted by atomic mass is 9.99. The summed E-state index contributed by atoms with van der Waals surface area (Å²) in [6.07, 6.45) is 4.81. The highest BCUT2D eigenvalue weighted by molar-refractivity contribution is 5.85. The average molecular weight is 272 g/mol. The molecule has 108 valence electrons. The zero-order valence-corrected chi connectivity index (χ0v) is 12.3. The van der Waals surface area contributed by atoms with Crippen molar-refractivity contribution in [3.63, 3.8) is 0 Å². The molecular formula is C16H24N4. The number of hydrazine groups is 1. The number of hydrogen-bond donors (Lipinski definition) is 2. The van der Waals surface area contributed by atoms with Gasteiger partial charge >= 0.3 is 0 Å². The lowest BCUT2D eigenvalue weighted by molar-refractivity contribution is 0.282. The van der Waals surface area contributed by atoms with Crippen LogP contribution in [0.4, 0.5) is 0 Å². The zero-order valence-electron chi connectivity index (χ0n) is 12.3. The Bertz CT molecular complexity index is 531. The third-order valence-corrected chi connectivity index (χ3v) is 3.90. The molecule has 0 aliphatic carbocycles. The van der Waals surface area contributed by atoms with Crippen molar-refractivity contribution in [3.05, 3.63) is 42.2 Å². The number of rotatable bonds is 7. The van der Waals surface area contributed by atoms with Gasteiger partial charge in [-0.05, 0) is 37.0 Å². The third kappa shape index (κ3) is 3.33. The summed E-state index contributed by atoms with van der Waals surface area (Å²) in [6, 6.07) is 8.45. The molecule has 1 aromatic carbocycles. The fourth-order valence-electron chi connectivity index (χ4n) is 2.60. The van der Waals surface area contributed by atoms with E-state index in [1.807, 2.05) is 18.5 Å². The van der Waals surface area contributed by atoms with E-state index >= 15 is 0 Å². The van der Waals surface area contributed by atoms with Crippen LogP contribution in [0.25, 0.3) is 10.8 Å². The highest BCUT2D eigenvalue weighted by Crippen LogP contribution is 2.24. The van der Waals surface area contributed by atoms with Gasteiger partial charge in [0.25, 0.3) is 0 Å². The minimum atomic E-state index is 0.134. The summed E-state index contributed by atoms with van der Waals surface area (Å²) in [7, 11) is 0. The predicted molar refractivity (Wildman–Crippen MR) is 84.2 cm³/mol. The molecular weight excluding hydrogens is 248 g/mol. The SMILES string of the molecule is CCN(CC)CCC(NN)c1cncc2ccccc12. The number of nitrogens with one attached hydrogen (secondary N) is 1. The van der Waals surface area contributed by atoms with Crippen molar-refractivity contribution in [3.8, 4) is 0 Å². The number of nitrogens with two attached hydrogens (primary N) is 1. The molecule has 0 aliphatic rings. The molecule has 3 N–H and O–H groups in total. The molecule has 1 heterocycles. The van der Waals surface area contributed by atoms with Crippen LogP contribution in [0.1, 0.15) is 31.9 Å². The first-order valence-electron chi connectivity index (χ1n) is 7.31. The highest BCUT2D eigenvalue weighted by atomic mass is 15.2. The Hall–Kier alpha value is -1.49. The van der Waals surface area contributed by atoms with Crippen LogP contribution < -0.4 is 11.3 Å². The standard InChI is InChI=1S/C16H24N4/c1-3-20(4-2)10-9-16(19-17)15-12-18-11-13-7-5-6-8-14(13)15/h5-8,11-12,16,19H,3-4,9-10,17H2,1-2H3.